The molecule has 0 aromatic heterocycles. The molecule has 2 N–H and O–H groups in total. The third-order valence-corrected chi connectivity index (χ3v) is 3.62. The van der Waals surface area contributed by atoms with Crippen molar-refractivity contribution in [2.75, 3.05) is 0 Å². The first-order valence-electron chi connectivity index (χ1n) is 7.26. The summed E-state index contributed by atoms with van der Waals surface area (Å²) in [4.78, 5) is 12.0. The van der Waals surface area contributed by atoms with Gasteiger partial charge in [0.25, 0.3) is 5.91 Å². The molecule has 0 atom stereocenters. The number of hydrogen-bond acceptors (Lipinski definition) is 3. The predicted molar refractivity (Wildman–Crippen MR) is 91.9 cm³/mol. The van der Waals surface area contributed by atoms with Gasteiger partial charge in [-0.25, -0.2) is 5.43 Å². The molecule has 0 radical (unpaired) electrons. The van der Waals surface area contributed by atoms with E-state index in [-0.39, 0.29) is 11.7 Å². The Labute approximate surface area is 134 Å². The molecule has 0 heterocycles. The summed E-state index contributed by atoms with van der Waals surface area (Å²) in [5.41, 5.74) is 4.68. The standard InChI is InChI=1S/C19H16N2O2/c1-13-6-8-15(9-7-13)19(23)21-20-12-17-16-5-3-2-4-14(16)10-11-18(17)22/h2-12,22H,1H3,(H,21,23). The summed E-state index contributed by atoms with van der Waals surface area (Å²) in [6.07, 6.45) is 1.46. The van der Waals surface area contributed by atoms with Crippen molar-refractivity contribution >= 4 is 22.9 Å². The topological polar surface area (TPSA) is 61.7 Å². The lowest BCUT2D eigenvalue weighted by molar-refractivity contribution is 0.0955. The van der Waals surface area contributed by atoms with Crippen LogP contribution in [0, 0.1) is 6.92 Å². The minimum atomic E-state index is -0.291. The molecule has 0 unspecified atom stereocenters. The van der Waals surface area contributed by atoms with Gasteiger partial charge in [-0.1, -0.05) is 48.0 Å². The van der Waals surface area contributed by atoms with Crippen LogP contribution in [-0.4, -0.2) is 17.2 Å². The molecule has 0 saturated heterocycles. The summed E-state index contributed by atoms with van der Waals surface area (Å²) < 4.78 is 0. The molecular weight excluding hydrogens is 288 g/mol. The van der Waals surface area contributed by atoms with Gasteiger partial charge < -0.3 is 5.11 Å². The minimum Gasteiger partial charge on any atom is -0.507 e. The molecule has 0 aliphatic carbocycles. The molecule has 0 bridgehead atoms. The number of carbonyl (C=O) groups is 1. The highest BCUT2D eigenvalue weighted by Gasteiger charge is 2.06. The van der Waals surface area contributed by atoms with Gasteiger partial charge in [0, 0.05) is 11.1 Å². The second-order valence-corrected chi connectivity index (χ2v) is 5.28. The largest absolute Gasteiger partial charge is 0.507 e. The van der Waals surface area contributed by atoms with Crippen molar-refractivity contribution in [1.82, 2.24) is 5.43 Å². The lowest BCUT2D eigenvalue weighted by atomic mass is 10.0. The number of aromatic hydroxyl groups is 1. The van der Waals surface area contributed by atoms with Crippen LogP contribution in [0.2, 0.25) is 0 Å². The first-order chi connectivity index (χ1) is 11.1. The van der Waals surface area contributed by atoms with Crippen molar-refractivity contribution < 1.29 is 9.90 Å². The van der Waals surface area contributed by atoms with Gasteiger partial charge in [-0.15, -0.1) is 0 Å². The highest BCUT2D eigenvalue weighted by molar-refractivity contribution is 6.03. The second-order valence-electron chi connectivity index (χ2n) is 5.28. The summed E-state index contributed by atoms with van der Waals surface area (Å²) >= 11 is 0. The molecule has 0 fully saturated rings. The molecule has 4 heteroatoms. The molecule has 0 aliphatic rings. The highest BCUT2D eigenvalue weighted by Crippen LogP contribution is 2.25. The van der Waals surface area contributed by atoms with Crippen molar-refractivity contribution in [3.05, 3.63) is 77.4 Å². The zero-order valence-corrected chi connectivity index (χ0v) is 12.7. The quantitative estimate of drug-likeness (QED) is 0.573. The van der Waals surface area contributed by atoms with Gasteiger partial charge in [-0.3, -0.25) is 4.79 Å². The van der Waals surface area contributed by atoms with Gasteiger partial charge in [0.2, 0.25) is 0 Å². The van der Waals surface area contributed by atoms with E-state index in [0.29, 0.717) is 11.1 Å². The van der Waals surface area contributed by atoms with Gasteiger partial charge in [0.15, 0.2) is 0 Å². The molecule has 114 valence electrons. The van der Waals surface area contributed by atoms with Crippen LogP contribution >= 0.6 is 0 Å². The van der Waals surface area contributed by atoms with Crippen LogP contribution in [0.1, 0.15) is 21.5 Å². The number of carbonyl (C=O) groups excluding carboxylic acids is 1. The maximum atomic E-state index is 12.0. The van der Waals surface area contributed by atoms with Gasteiger partial charge >= 0.3 is 0 Å². The molecule has 1 amide bonds. The zero-order chi connectivity index (χ0) is 16.2. The molecule has 3 rings (SSSR count). The number of benzene rings is 3. The average molecular weight is 304 g/mol. The van der Waals surface area contributed by atoms with E-state index in [1.54, 1.807) is 18.2 Å². The van der Waals surface area contributed by atoms with E-state index < -0.39 is 0 Å². The van der Waals surface area contributed by atoms with Crippen LogP contribution in [0.25, 0.3) is 10.8 Å². The number of hydrazone groups is 1. The van der Waals surface area contributed by atoms with Crippen molar-refractivity contribution in [1.29, 1.82) is 0 Å². The van der Waals surface area contributed by atoms with Crippen LogP contribution in [-0.2, 0) is 0 Å². The SMILES string of the molecule is Cc1ccc(C(=O)NN=Cc2c(O)ccc3ccccc23)cc1. The van der Waals surface area contributed by atoms with Crippen LogP contribution in [0.4, 0.5) is 0 Å². The summed E-state index contributed by atoms with van der Waals surface area (Å²) in [7, 11) is 0. The number of phenols is 1. The molecule has 3 aromatic carbocycles. The van der Waals surface area contributed by atoms with Gasteiger partial charge in [0.05, 0.1) is 6.21 Å². The number of nitrogens with one attached hydrogen (secondary N) is 1. The Kier molecular flexibility index (Phi) is 4.06. The van der Waals surface area contributed by atoms with Crippen molar-refractivity contribution in [3.63, 3.8) is 0 Å². The van der Waals surface area contributed by atoms with Crippen LogP contribution in [0.5, 0.6) is 5.75 Å². The molecule has 0 spiro atoms. The Bertz CT molecular complexity index is 884. The highest BCUT2D eigenvalue weighted by atomic mass is 16.3. The summed E-state index contributed by atoms with van der Waals surface area (Å²) in [5.74, 6) is -0.169. The van der Waals surface area contributed by atoms with E-state index in [1.807, 2.05) is 49.4 Å². The Morgan fingerprint density at radius 2 is 1.78 bits per heavy atom. The van der Waals surface area contributed by atoms with Crippen molar-refractivity contribution in [2.45, 2.75) is 6.92 Å². The van der Waals surface area contributed by atoms with E-state index in [1.165, 1.54) is 6.21 Å². The normalized spacial score (nSPS) is 11.0. The molecule has 3 aromatic rings. The van der Waals surface area contributed by atoms with E-state index in [0.717, 1.165) is 16.3 Å². The smallest absolute Gasteiger partial charge is 0.271 e. The van der Waals surface area contributed by atoms with Crippen molar-refractivity contribution in [3.8, 4) is 5.75 Å². The molecule has 23 heavy (non-hydrogen) atoms. The van der Waals surface area contributed by atoms with E-state index >= 15 is 0 Å². The lowest BCUT2D eigenvalue weighted by Crippen LogP contribution is -2.17. The van der Waals surface area contributed by atoms with Crippen LogP contribution in [0.15, 0.2) is 65.8 Å². The maximum Gasteiger partial charge on any atom is 0.271 e. The van der Waals surface area contributed by atoms with Gasteiger partial charge in [-0.2, -0.15) is 5.10 Å². The number of aryl methyl sites for hydroxylation is 1. The number of phenolic OH excluding ortho intramolecular Hbond substituents is 1. The number of amides is 1. The number of nitrogens with zero attached hydrogens (tertiary/aromatic N) is 1. The number of hydrogen-bond donors (Lipinski definition) is 2. The predicted octanol–water partition coefficient (Wildman–Crippen LogP) is 3.62. The van der Waals surface area contributed by atoms with Crippen molar-refractivity contribution in [2.24, 2.45) is 5.10 Å². The second kappa shape index (κ2) is 6.32. The Hall–Kier alpha value is -3.14. The van der Waals surface area contributed by atoms with E-state index in [2.05, 4.69) is 10.5 Å². The molecule has 0 aliphatic heterocycles. The first kappa shape index (κ1) is 14.8. The Morgan fingerprint density at radius 1 is 1.04 bits per heavy atom. The maximum absolute atomic E-state index is 12.0. The third kappa shape index (κ3) is 3.21. The molecule has 4 nitrogen and oxygen atoms in total. The van der Waals surface area contributed by atoms with Gasteiger partial charge in [-0.05, 0) is 35.9 Å². The van der Waals surface area contributed by atoms with E-state index in [4.69, 9.17) is 0 Å². The fraction of sp³-hybridized carbons (Fsp3) is 0.0526. The summed E-state index contributed by atoms with van der Waals surface area (Å²) in [5, 5.41) is 15.9. The summed E-state index contributed by atoms with van der Waals surface area (Å²) in [6, 6.07) is 18.4. The first-order valence-corrected chi connectivity index (χ1v) is 7.26. The Morgan fingerprint density at radius 3 is 2.57 bits per heavy atom. The van der Waals surface area contributed by atoms with Crippen LogP contribution in [0.3, 0.4) is 0 Å². The monoisotopic (exact) mass is 304 g/mol. The molecular formula is C19H16N2O2. The van der Waals surface area contributed by atoms with E-state index in [9.17, 15) is 9.90 Å². The minimum absolute atomic E-state index is 0.122. The zero-order valence-electron chi connectivity index (χ0n) is 12.7. The molecule has 0 saturated carbocycles. The van der Waals surface area contributed by atoms with Gasteiger partial charge in [0.1, 0.15) is 5.75 Å². The third-order valence-electron chi connectivity index (χ3n) is 3.62. The van der Waals surface area contributed by atoms with Crippen LogP contribution < -0.4 is 5.43 Å². The number of fused-ring (bicyclic) bond motifs is 1. The Balaban J connectivity index is 1.82. The fourth-order valence-corrected chi connectivity index (χ4v) is 2.34. The average Bonchev–Trinajstić information content (AvgIpc) is 2.57. The summed E-state index contributed by atoms with van der Waals surface area (Å²) in [6.45, 7) is 1.96. The lowest BCUT2D eigenvalue weighted by Gasteiger charge is -2.05. The number of rotatable bonds is 3. The fourth-order valence-electron chi connectivity index (χ4n) is 2.34.